The molecule has 4 aromatic rings. The van der Waals surface area contributed by atoms with Crippen molar-refractivity contribution in [3.8, 4) is 22.3 Å². The second-order valence-corrected chi connectivity index (χ2v) is 69.6. The standard InChI is InChI=1S/2C16H13.C4H13Si2.2ClH.Zr/c2*1-12-10-14-8-5-9-15(16(14)11-12)13-6-3-2-4-7-13;1-5-6(2,3)4;;;/h2*2-11H,1H3;5H,1-4H3;2*1H;/q;;;;;+2/p-2. The number of benzene rings is 4. The van der Waals surface area contributed by atoms with Crippen LogP contribution in [0.3, 0.4) is 0 Å². The Balaban J connectivity index is 1.61. The zero-order chi connectivity index (χ0) is 29.2. The van der Waals surface area contributed by atoms with Gasteiger partial charge < -0.3 is 0 Å². The summed E-state index contributed by atoms with van der Waals surface area (Å²) in [5.41, 5.74) is 11.5. The number of hydrogen-bond donors (Lipinski definition) is 0. The van der Waals surface area contributed by atoms with Gasteiger partial charge in [-0.2, -0.15) is 0 Å². The zero-order valence-electron chi connectivity index (χ0n) is 24.9. The number of hydrogen-bond acceptors (Lipinski definition) is 0. The molecule has 0 saturated carbocycles. The van der Waals surface area contributed by atoms with E-state index < -0.39 is 28.6 Å². The van der Waals surface area contributed by atoms with Gasteiger partial charge in [0.05, 0.1) is 0 Å². The summed E-state index contributed by atoms with van der Waals surface area (Å²) in [5.74, 6) is 0. The Morgan fingerprint density at radius 2 is 0.976 bits per heavy atom. The molecule has 0 heterocycles. The molecule has 0 bridgehead atoms. The van der Waals surface area contributed by atoms with E-state index in [1.165, 1.54) is 55.7 Å². The van der Waals surface area contributed by atoms with E-state index in [0.717, 1.165) is 0 Å². The van der Waals surface area contributed by atoms with Crippen LogP contribution in [-0.4, -0.2) is 13.0 Å². The topological polar surface area (TPSA) is 0 Å². The van der Waals surface area contributed by atoms with E-state index in [-0.39, 0.29) is 7.25 Å². The molecule has 41 heavy (non-hydrogen) atoms. The Hall–Kier alpha value is -1.74. The second-order valence-electron chi connectivity index (χ2n) is 13.3. The Bertz CT molecular complexity index is 1590. The molecule has 0 nitrogen and oxygen atoms in total. The van der Waals surface area contributed by atoms with Gasteiger partial charge in [0, 0.05) is 0 Å². The molecule has 0 N–H and O–H groups in total. The van der Waals surface area contributed by atoms with E-state index in [4.69, 9.17) is 17.0 Å². The minimum atomic E-state index is -4.80. The van der Waals surface area contributed by atoms with E-state index in [2.05, 4.69) is 149 Å². The Kier molecular flexibility index (Phi) is 7.48. The molecule has 0 aliphatic heterocycles. The predicted molar refractivity (Wildman–Crippen MR) is 185 cm³/mol. The molecule has 0 radical (unpaired) electrons. The first-order chi connectivity index (χ1) is 19.4. The van der Waals surface area contributed by atoms with Gasteiger partial charge in [-0.25, -0.2) is 0 Å². The van der Waals surface area contributed by atoms with Gasteiger partial charge in [0.1, 0.15) is 0 Å². The van der Waals surface area contributed by atoms with E-state index in [9.17, 15) is 0 Å². The zero-order valence-corrected chi connectivity index (χ0v) is 31.0. The number of rotatable bonds is 6. The molecule has 3 atom stereocenters. The molecule has 0 aromatic heterocycles. The Morgan fingerprint density at radius 1 is 0.585 bits per heavy atom. The fourth-order valence-corrected chi connectivity index (χ4v) is 122. The molecule has 3 unspecified atom stereocenters. The Morgan fingerprint density at radius 3 is 1.34 bits per heavy atom. The van der Waals surface area contributed by atoms with Crippen LogP contribution in [0.2, 0.25) is 26.2 Å². The van der Waals surface area contributed by atoms with Gasteiger partial charge in [0.15, 0.2) is 0 Å². The van der Waals surface area contributed by atoms with Gasteiger partial charge in [-0.05, 0) is 0 Å². The molecule has 0 fully saturated rings. The van der Waals surface area contributed by atoms with Gasteiger partial charge in [0.2, 0.25) is 0 Å². The van der Waals surface area contributed by atoms with Crippen LogP contribution < -0.4 is 0 Å². The molecule has 209 valence electrons. The van der Waals surface area contributed by atoms with Crippen molar-refractivity contribution < 1.29 is 15.6 Å². The number of fused-ring (bicyclic) bond motifs is 2. The van der Waals surface area contributed by atoms with Crippen molar-refractivity contribution >= 4 is 42.2 Å². The third-order valence-corrected chi connectivity index (χ3v) is 101. The first-order valence-corrected chi connectivity index (χ1v) is 35.2. The summed E-state index contributed by atoms with van der Waals surface area (Å²) >= 11 is -4.80. The third kappa shape index (κ3) is 4.63. The normalized spacial score (nSPS) is 20.0. The van der Waals surface area contributed by atoms with Crippen molar-refractivity contribution in [3.05, 3.63) is 130 Å². The summed E-state index contributed by atoms with van der Waals surface area (Å²) in [7, 11) is 15.7. The molecule has 0 saturated heterocycles. The van der Waals surface area contributed by atoms with E-state index in [1.54, 1.807) is 0 Å². The second kappa shape index (κ2) is 10.5. The number of allylic oxidation sites excluding steroid dienone is 2. The number of halogens is 2. The molecule has 2 aliphatic carbocycles. The van der Waals surface area contributed by atoms with Crippen molar-refractivity contribution in [2.45, 2.75) is 47.3 Å². The minimum absolute atomic E-state index is 0.117. The van der Waals surface area contributed by atoms with Crippen molar-refractivity contribution in [2.24, 2.45) is 0 Å². The quantitative estimate of drug-likeness (QED) is 0.177. The molecule has 4 aromatic carbocycles. The van der Waals surface area contributed by atoms with Crippen LogP contribution in [0.15, 0.2) is 108 Å². The Labute approximate surface area is 255 Å². The van der Waals surface area contributed by atoms with Crippen LogP contribution in [0.25, 0.3) is 34.4 Å². The fourth-order valence-electron chi connectivity index (χ4n) is 7.80. The first-order valence-electron chi connectivity index (χ1n) is 14.7. The van der Waals surface area contributed by atoms with Gasteiger partial charge in [-0.1, -0.05) is 0 Å². The molecule has 6 rings (SSSR count). The molecule has 2 aliphatic rings. The average molecular weight is 690 g/mol. The van der Waals surface area contributed by atoms with E-state index in [1.807, 2.05) is 0 Å². The maximum atomic E-state index is 8.67. The summed E-state index contributed by atoms with van der Waals surface area (Å²) < 4.78 is 0.234. The fraction of sp³-hybridized carbons (Fsp3) is 0.222. The van der Waals surface area contributed by atoms with E-state index in [0.29, 0.717) is 0 Å². The first kappa shape index (κ1) is 29.3. The van der Waals surface area contributed by atoms with Crippen LogP contribution in [0.5, 0.6) is 0 Å². The summed E-state index contributed by atoms with van der Waals surface area (Å²) in [5, 5.41) is 0. The summed E-state index contributed by atoms with van der Waals surface area (Å²) in [6, 6.07) is 35.2. The SMILES string of the molecule is CC1=Cc2c(-c3ccccc3)cccc2[CH]1[Zr]([Cl])([Cl])([CH]1C(C)=Cc2c(-c3ccccc3)cccc21)[SiH](C)[Si](C)(C)C. The molecular weight excluding hydrogens is 651 g/mol. The van der Waals surface area contributed by atoms with Gasteiger partial charge in [-0.15, -0.1) is 0 Å². The van der Waals surface area contributed by atoms with Crippen LogP contribution in [-0.2, 0) is 15.6 Å². The predicted octanol–water partition coefficient (Wildman–Crippen LogP) is 11.4. The summed E-state index contributed by atoms with van der Waals surface area (Å²) in [6.45, 7) is 14.7. The van der Waals surface area contributed by atoms with Crippen molar-refractivity contribution in [1.82, 2.24) is 0 Å². The maximum absolute atomic E-state index is 8.67. The van der Waals surface area contributed by atoms with Crippen LogP contribution in [0.4, 0.5) is 0 Å². The monoisotopic (exact) mass is 687 g/mol. The average Bonchev–Trinajstić information content (AvgIpc) is 3.49. The van der Waals surface area contributed by atoms with Crippen LogP contribution in [0, 0.1) is 0 Å². The van der Waals surface area contributed by atoms with E-state index >= 15 is 0 Å². The molecule has 5 heteroatoms. The van der Waals surface area contributed by atoms with Crippen molar-refractivity contribution in [3.63, 3.8) is 0 Å². The van der Waals surface area contributed by atoms with Gasteiger partial charge in [-0.3, -0.25) is 0 Å². The third-order valence-electron chi connectivity index (χ3n) is 9.96. The summed E-state index contributed by atoms with van der Waals surface area (Å²) in [6.07, 6.45) is 4.84. The van der Waals surface area contributed by atoms with Gasteiger partial charge >= 0.3 is 258 Å². The molecule has 0 amide bonds. The van der Waals surface area contributed by atoms with Crippen molar-refractivity contribution in [1.29, 1.82) is 0 Å². The molecular formula is C36H39Cl2Si2Zr. The van der Waals surface area contributed by atoms with Crippen LogP contribution >= 0.6 is 17.0 Å². The van der Waals surface area contributed by atoms with Crippen molar-refractivity contribution in [2.75, 3.05) is 0 Å². The van der Waals surface area contributed by atoms with Crippen LogP contribution in [0.1, 0.15) is 43.4 Å². The van der Waals surface area contributed by atoms with Gasteiger partial charge in [0.25, 0.3) is 0 Å². The summed E-state index contributed by atoms with van der Waals surface area (Å²) in [4.78, 5) is 0. The molecule has 0 spiro atoms.